The van der Waals surface area contributed by atoms with Gasteiger partial charge in [0.05, 0.1) is 4.88 Å². The van der Waals surface area contributed by atoms with Crippen molar-refractivity contribution in [2.75, 3.05) is 0 Å². The van der Waals surface area contributed by atoms with E-state index in [1.54, 1.807) is 17.4 Å². The summed E-state index contributed by atoms with van der Waals surface area (Å²) in [4.78, 5) is 12.8. The summed E-state index contributed by atoms with van der Waals surface area (Å²) in [5.74, 6) is 0.548. The van der Waals surface area contributed by atoms with E-state index in [9.17, 15) is 4.79 Å². The Balaban J connectivity index is 2.13. The van der Waals surface area contributed by atoms with E-state index < -0.39 is 0 Å². The lowest BCUT2D eigenvalue weighted by atomic mass is 9.90. The summed E-state index contributed by atoms with van der Waals surface area (Å²) < 4.78 is 0. The van der Waals surface area contributed by atoms with Crippen molar-refractivity contribution in [3.05, 3.63) is 57.8 Å². The smallest absolute Gasteiger partial charge is 0.196 e. The molecule has 0 saturated heterocycles. The quantitative estimate of drug-likeness (QED) is 0.648. The summed E-state index contributed by atoms with van der Waals surface area (Å²) in [5, 5.41) is 2.00. The number of ketones is 1. The van der Waals surface area contributed by atoms with Crippen molar-refractivity contribution in [1.82, 2.24) is 0 Å². The van der Waals surface area contributed by atoms with Gasteiger partial charge in [0.15, 0.2) is 5.78 Å². The second-order valence-electron chi connectivity index (χ2n) is 3.84. The van der Waals surface area contributed by atoms with E-state index in [0.717, 1.165) is 16.9 Å². The van der Waals surface area contributed by atoms with Crippen LogP contribution >= 0.6 is 11.3 Å². The zero-order valence-corrected chi connectivity index (χ0v) is 8.96. The number of thiophene rings is 1. The Hall–Kier alpha value is -1.41. The van der Waals surface area contributed by atoms with Crippen molar-refractivity contribution in [3.8, 4) is 0 Å². The van der Waals surface area contributed by atoms with Crippen LogP contribution < -0.4 is 0 Å². The molecule has 0 N–H and O–H groups in total. The molecule has 0 radical (unpaired) electrons. The van der Waals surface area contributed by atoms with E-state index in [0.29, 0.717) is 5.92 Å². The fourth-order valence-corrected chi connectivity index (χ4v) is 2.95. The first-order chi connectivity index (χ1) is 7.34. The molecular weight excluding hydrogens is 204 g/mol. The van der Waals surface area contributed by atoms with Crippen molar-refractivity contribution >= 4 is 17.1 Å². The number of rotatable bonds is 0. The molecule has 1 nitrogen and oxygen atoms in total. The molecule has 0 saturated carbocycles. The Morgan fingerprint density at radius 1 is 1.33 bits per heavy atom. The molecular formula is C13H10OS. The van der Waals surface area contributed by atoms with Gasteiger partial charge in [0.2, 0.25) is 0 Å². The predicted molar refractivity (Wildman–Crippen MR) is 62.2 cm³/mol. The normalized spacial score (nSPS) is 23.1. The Kier molecular flexibility index (Phi) is 1.96. The minimum absolute atomic E-state index is 0.164. The molecule has 3 rings (SSSR count). The maximum absolute atomic E-state index is 11.9. The van der Waals surface area contributed by atoms with Crippen LogP contribution in [0, 0.1) is 5.92 Å². The molecule has 15 heavy (non-hydrogen) atoms. The summed E-state index contributed by atoms with van der Waals surface area (Å²) in [7, 11) is 0. The molecule has 1 aromatic rings. The molecule has 0 bridgehead atoms. The number of allylic oxidation sites excluding steroid dienone is 6. The summed E-state index contributed by atoms with van der Waals surface area (Å²) in [6.07, 6.45) is 11.0. The third-order valence-electron chi connectivity index (χ3n) is 2.88. The molecule has 0 aliphatic heterocycles. The monoisotopic (exact) mass is 214 g/mol. The summed E-state index contributed by atoms with van der Waals surface area (Å²) in [5.41, 5.74) is 2.34. The number of carbonyl (C=O) groups excluding carboxylic acids is 1. The van der Waals surface area contributed by atoms with Crippen LogP contribution in [0.4, 0.5) is 0 Å². The van der Waals surface area contributed by atoms with Gasteiger partial charge in [-0.25, -0.2) is 0 Å². The van der Waals surface area contributed by atoms with E-state index in [1.807, 2.05) is 17.5 Å². The Bertz CT molecular complexity index is 502. The number of hydrogen-bond acceptors (Lipinski definition) is 2. The maximum Gasteiger partial charge on any atom is 0.196 e. The highest BCUT2D eigenvalue weighted by molar-refractivity contribution is 7.12. The number of hydrogen-bond donors (Lipinski definition) is 0. The molecule has 1 aromatic heterocycles. The Morgan fingerprint density at radius 3 is 3.20 bits per heavy atom. The predicted octanol–water partition coefficient (Wildman–Crippen LogP) is 3.16. The Morgan fingerprint density at radius 2 is 2.27 bits per heavy atom. The van der Waals surface area contributed by atoms with Crippen LogP contribution in [0.2, 0.25) is 0 Å². The zero-order valence-electron chi connectivity index (χ0n) is 8.14. The van der Waals surface area contributed by atoms with Crippen molar-refractivity contribution < 1.29 is 4.79 Å². The van der Waals surface area contributed by atoms with Crippen LogP contribution in [0.5, 0.6) is 0 Å². The lowest BCUT2D eigenvalue weighted by Crippen LogP contribution is -2.04. The van der Waals surface area contributed by atoms with Gasteiger partial charge >= 0.3 is 0 Å². The van der Waals surface area contributed by atoms with Gasteiger partial charge in [0.25, 0.3) is 0 Å². The minimum atomic E-state index is 0.164. The van der Waals surface area contributed by atoms with E-state index in [2.05, 4.69) is 18.2 Å². The van der Waals surface area contributed by atoms with E-state index in [-0.39, 0.29) is 5.78 Å². The first-order valence-electron chi connectivity index (χ1n) is 5.02. The fraction of sp³-hybridized carbons (Fsp3) is 0.154. The van der Waals surface area contributed by atoms with Crippen LogP contribution in [0.1, 0.15) is 15.2 Å². The van der Waals surface area contributed by atoms with Crippen LogP contribution in [0.3, 0.4) is 0 Å². The van der Waals surface area contributed by atoms with Crippen molar-refractivity contribution in [2.45, 2.75) is 6.42 Å². The van der Waals surface area contributed by atoms with Gasteiger partial charge in [-0.05, 0) is 35.1 Å². The minimum Gasteiger partial charge on any atom is -0.288 e. The van der Waals surface area contributed by atoms with Gasteiger partial charge < -0.3 is 0 Å². The molecule has 0 amide bonds. The van der Waals surface area contributed by atoms with E-state index >= 15 is 0 Å². The highest BCUT2D eigenvalue weighted by Gasteiger charge is 2.22. The fourth-order valence-electron chi connectivity index (χ4n) is 2.11. The van der Waals surface area contributed by atoms with Gasteiger partial charge in [0.1, 0.15) is 0 Å². The van der Waals surface area contributed by atoms with Crippen LogP contribution in [0.25, 0.3) is 0 Å². The molecule has 0 fully saturated rings. The molecule has 1 heterocycles. The van der Waals surface area contributed by atoms with Crippen LogP contribution in [-0.4, -0.2) is 5.78 Å². The summed E-state index contributed by atoms with van der Waals surface area (Å²) in [6.45, 7) is 0. The molecule has 1 unspecified atom stereocenters. The topological polar surface area (TPSA) is 17.1 Å². The summed E-state index contributed by atoms with van der Waals surface area (Å²) >= 11 is 1.55. The second kappa shape index (κ2) is 3.31. The molecule has 1 atom stereocenters. The first kappa shape index (κ1) is 8.86. The zero-order chi connectivity index (χ0) is 10.3. The molecule has 2 heteroatoms. The molecule has 74 valence electrons. The maximum atomic E-state index is 11.9. The lowest BCUT2D eigenvalue weighted by molar-refractivity contribution is 0.105. The van der Waals surface area contributed by atoms with Gasteiger partial charge in [-0.3, -0.25) is 4.79 Å². The van der Waals surface area contributed by atoms with Crippen LogP contribution in [0.15, 0.2) is 47.4 Å². The van der Waals surface area contributed by atoms with Gasteiger partial charge in [-0.2, -0.15) is 0 Å². The van der Waals surface area contributed by atoms with Crippen molar-refractivity contribution in [1.29, 1.82) is 0 Å². The largest absolute Gasteiger partial charge is 0.288 e. The van der Waals surface area contributed by atoms with Gasteiger partial charge in [-0.1, -0.05) is 24.3 Å². The number of fused-ring (bicyclic) bond motifs is 2. The standard InChI is InChI=1S/C13H10OS/c14-12-8-10-4-2-1-3-9(10)7-11-5-6-15-13(11)12/h1-6,8-9H,7H2. The second-order valence-corrected chi connectivity index (χ2v) is 4.75. The first-order valence-corrected chi connectivity index (χ1v) is 5.90. The van der Waals surface area contributed by atoms with Crippen LogP contribution in [-0.2, 0) is 6.42 Å². The molecule has 2 aliphatic carbocycles. The van der Waals surface area contributed by atoms with Gasteiger partial charge in [-0.15, -0.1) is 11.3 Å². The Labute approximate surface area is 92.4 Å². The third kappa shape index (κ3) is 1.41. The lowest BCUT2D eigenvalue weighted by Gasteiger charge is -2.13. The van der Waals surface area contributed by atoms with E-state index in [1.165, 1.54) is 5.56 Å². The average molecular weight is 214 g/mol. The molecule has 0 aromatic carbocycles. The van der Waals surface area contributed by atoms with E-state index in [4.69, 9.17) is 0 Å². The van der Waals surface area contributed by atoms with Crippen molar-refractivity contribution in [2.24, 2.45) is 5.92 Å². The number of carbonyl (C=O) groups is 1. The highest BCUT2D eigenvalue weighted by atomic mass is 32.1. The van der Waals surface area contributed by atoms with Gasteiger partial charge in [0, 0.05) is 5.92 Å². The molecule has 2 aliphatic rings. The highest BCUT2D eigenvalue weighted by Crippen LogP contribution is 2.31. The molecule has 0 spiro atoms. The summed E-state index contributed by atoms with van der Waals surface area (Å²) in [6, 6.07) is 2.07. The average Bonchev–Trinajstić information content (AvgIpc) is 2.64. The SMILES string of the molecule is O=C1C=C2C=CC=CC2Cc2ccsc21. The van der Waals surface area contributed by atoms with Crippen molar-refractivity contribution in [3.63, 3.8) is 0 Å². The third-order valence-corrected chi connectivity index (χ3v) is 3.85.